The van der Waals surface area contributed by atoms with Gasteiger partial charge < -0.3 is 0 Å². The summed E-state index contributed by atoms with van der Waals surface area (Å²) in [5, 5.41) is 3.82. The van der Waals surface area contributed by atoms with Crippen LogP contribution in [0.1, 0.15) is 11.4 Å². The van der Waals surface area contributed by atoms with E-state index in [0.717, 1.165) is 4.68 Å². The van der Waals surface area contributed by atoms with E-state index in [1.807, 2.05) is 0 Å². The Labute approximate surface area is 99.4 Å². The van der Waals surface area contributed by atoms with E-state index in [2.05, 4.69) is 5.10 Å². The zero-order valence-corrected chi connectivity index (χ0v) is 9.73. The lowest BCUT2D eigenvalue weighted by atomic mass is 10.1. The Morgan fingerprint density at radius 3 is 2.41 bits per heavy atom. The molecule has 0 unspecified atom stereocenters. The summed E-state index contributed by atoms with van der Waals surface area (Å²) in [4.78, 5) is 11.1. The number of hydrogen-bond donors (Lipinski definition) is 0. The molecule has 1 aromatic heterocycles. The number of ketones is 1. The number of carbonyl (C=O) groups excluding carboxylic acids is 1. The Morgan fingerprint density at radius 1 is 1.53 bits per heavy atom. The number of aromatic nitrogens is 2. The average molecular weight is 273 g/mol. The van der Waals surface area contributed by atoms with E-state index in [-0.39, 0.29) is 10.7 Å². The van der Waals surface area contributed by atoms with Gasteiger partial charge in [0.25, 0.3) is 0 Å². The van der Waals surface area contributed by atoms with Crippen LogP contribution < -0.4 is 0 Å². The molecule has 0 saturated carbocycles. The van der Waals surface area contributed by atoms with Crippen molar-refractivity contribution in [3.8, 4) is 0 Å². The quantitative estimate of drug-likeness (QED) is 0.789. The molecule has 1 rings (SSSR count). The zero-order valence-electron chi connectivity index (χ0n) is 8.98. The molecule has 0 atom stereocenters. The Hall–Kier alpha value is -1.11. The fourth-order valence-electron chi connectivity index (χ4n) is 1.26. The van der Waals surface area contributed by atoms with Gasteiger partial charge in [0, 0.05) is 7.05 Å². The molecule has 8 heteroatoms. The molecule has 0 saturated heterocycles. The molecule has 0 fully saturated rings. The number of halogens is 5. The van der Waals surface area contributed by atoms with Gasteiger partial charge in [-0.1, -0.05) is 11.6 Å². The summed E-state index contributed by atoms with van der Waals surface area (Å²) in [5.74, 6) is -6.54. The Bertz CT molecular complexity index is 444. The number of nitrogens with zero attached hydrogens (tertiary/aromatic N) is 2. The van der Waals surface area contributed by atoms with Crippen molar-refractivity contribution in [2.45, 2.75) is 25.7 Å². The van der Waals surface area contributed by atoms with Crippen LogP contribution in [-0.2, 0) is 18.3 Å². The molecule has 0 aliphatic heterocycles. The van der Waals surface area contributed by atoms with E-state index in [4.69, 9.17) is 11.6 Å². The predicted molar refractivity (Wildman–Crippen MR) is 52.6 cm³/mol. The van der Waals surface area contributed by atoms with E-state index in [1.165, 1.54) is 14.0 Å². The third-order valence-corrected chi connectivity index (χ3v) is 2.73. The second-order valence-corrected chi connectivity index (χ2v) is 3.87. The van der Waals surface area contributed by atoms with Crippen molar-refractivity contribution in [3.05, 3.63) is 16.4 Å². The third-order valence-electron chi connectivity index (χ3n) is 2.24. The van der Waals surface area contributed by atoms with E-state index in [9.17, 15) is 22.4 Å². The first-order valence-electron chi connectivity index (χ1n) is 4.55. The van der Waals surface area contributed by atoms with Gasteiger partial charge in [0.05, 0.1) is 22.8 Å². The number of alkyl halides is 4. The summed E-state index contributed by atoms with van der Waals surface area (Å²) < 4.78 is 50.5. The van der Waals surface area contributed by atoms with Crippen LogP contribution in [0.2, 0.25) is 5.02 Å². The molecule has 17 heavy (non-hydrogen) atoms. The van der Waals surface area contributed by atoms with Crippen molar-refractivity contribution >= 4 is 17.4 Å². The van der Waals surface area contributed by atoms with E-state index in [1.54, 1.807) is 0 Å². The molecule has 96 valence electrons. The summed E-state index contributed by atoms with van der Waals surface area (Å²) in [5.41, 5.74) is 0.340. The minimum Gasteiger partial charge on any atom is -0.292 e. The topological polar surface area (TPSA) is 34.9 Å². The van der Waals surface area contributed by atoms with Crippen LogP contribution in [0.25, 0.3) is 0 Å². The van der Waals surface area contributed by atoms with Crippen molar-refractivity contribution in [3.63, 3.8) is 0 Å². The zero-order chi connectivity index (χ0) is 13.4. The summed E-state index contributed by atoms with van der Waals surface area (Å²) in [6.45, 7) is 1.52. The van der Waals surface area contributed by atoms with Crippen LogP contribution in [-0.4, -0.2) is 27.9 Å². The van der Waals surface area contributed by atoms with Crippen molar-refractivity contribution in [2.75, 3.05) is 0 Å². The lowest BCUT2D eigenvalue weighted by molar-refractivity contribution is -0.166. The molecule has 0 aliphatic carbocycles. The van der Waals surface area contributed by atoms with E-state index in [0.29, 0.717) is 5.69 Å². The van der Waals surface area contributed by atoms with Gasteiger partial charge in [0.15, 0.2) is 0 Å². The minimum atomic E-state index is -4.67. The van der Waals surface area contributed by atoms with Crippen LogP contribution in [0.3, 0.4) is 0 Å². The maximum absolute atomic E-state index is 12.7. The molecule has 1 heterocycles. The Morgan fingerprint density at radius 2 is 2.06 bits per heavy atom. The fraction of sp³-hybridized carbons (Fsp3) is 0.556. The highest BCUT2D eigenvalue weighted by atomic mass is 35.5. The van der Waals surface area contributed by atoms with Crippen LogP contribution in [0.15, 0.2) is 0 Å². The second kappa shape index (κ2) is 4.64. The number of hydrogen-bond acceptors (Lipinski definition) is 2. The van der Waals surface area contributed by atoms with Gasteiger partial charge in [-0.25, -0.2) is 8.78 Å². The molecule has 0 aromatic carbocycles. The van der Waals surface area contributed by atoms with Crippen molar-refractivity contribution in [2.24, 2.45) is 7.05 Å². The average Bonchev–Trinajstić information content (AvgIpc) is 2.44. The molecule has 0 aliphatic rings. The largest absolute Gasteiger partial charge is 0.364 e. The third kappa shape index (κ3) is 2.59. The lowest BCUT2D eigenvalue weighted by Crippen LogP contribution is -2.38. The van der Waals surface area contributed by atoms with Crippen molar-refractivity contribution < 1.29 is 22.4 Å². The summed E-state index contributed by atoms with van der Waals surface area (Å²) in [7, 11) is 1.39. The maximum atomic E-state index is 12.7. The van der Waals surface area contributed by atoms with Gasteiger partial charge in [0.1, 0.15) is 0 Å². The van der Waals surface area contributed by atoms with E-state index < -0.39 is 24.6 Å². The van der Waals surface area contributed by atoms with Gasteiger partial charge in [-0.15, -0.1) is 0 Å². The van der Waals surface area contributed by atoms with Crippen molar-refractivity contribution in [1.29, 1.82) is 0 Å². The molecule has 0 radical (unpaired) electrons. The molecule has 3 nitrogen and oxygen atoms in total. The van der Waals surface area contributed by atoms with Gasteiger partial charge in [0.2, 0.25) is 5.78 Å². The first-order valence-corrected chi connectivity index (χ1v) is 4.93. The van der Waals surface area contributed by atoms with Crippen molar-refractivity contribution in [1.82, 2.24) is 9.78 Å². The van der Waals surface area contributed by atoms with E-state index >= 15 is 0 Å². The maximum Gasteiger partial charge on any atom is 0.364 e. The lowest BCUT2D eigenvalue weighted by Gasteiger charge is -2.13. The Balaban J connectivity index is 2.96. The van der Waals surface area contributed by atoms with Gasteiger partial charge in [-0.2, -0.15) is 13.9 Å². The molecule has 0 N–H and O–H groups in total. The van der Waals surface area contributed by atoms with Crippen LogP contribution in [0, 0.1) is 6.92 Å². The number of Topliss-reactive ketones (excluding diaryl/α,β-unsaturated/α-hetero) is 1. The smallest absolute Gasteiger partial charge is 0.292 e. The molecule has 0 bridgehead atoms. The minimum absolute atomic E-state index is 0.00510. The van der Waals surface area contributed by atoms with Gasteiger partial charge >= 0.3 is 12.3 Å². The Kier molecular flexibility index (Phi) is 3.81. The SMILES string of the molecule is Cc1nn(C)c(CC(=O)C(F)(F)C(F)F)c1Cl. The summed E-state index contributed by atoms with van der Waals surface area (Å²) >= 11 is 5.72. The molecule has 0 amide bonds. The standard InChI is InChI=1S/C9H9ClF4N2O/c1-4-7(10)5(16(2)15-4)3-6(17)9(13,14)8(11)12/h8H,3H2,1-2H3. The van der Waals surface area contributed by atoms with Crippen LogP contribution >= 0.6 is 11.6 Å². The first kappa shape index (κ1) is 14.0. The molecule has 0 spiro atoms. The highest BCUT2D eigenvalue weighted by Gasteiger charge is 2.48. The van der Waals surface area contributed by atoms with Gasteiger partial charge in [-0.3, -0.25) is 9.48 Å². The predicted octanol–water partition coefficient (Wildman–Crippen LogP) is 2.39. The molecular formula is C9H9ClF4N2O. The summed E-state index contributed by atoms with van der Waals surface area (Å²) in [6.07, 6.45) is -4.91. The highest BCUT2D eigenvalue weighted by Crippen LogP contribution is 2.27. The normalized spacial score (nSPS) is 12.2. The second-order valence-electron chi connectivity index (χ2n) is 3.49. The fourth-order valence-corrected chi connectivity index (χ4v) is 1.49. The molecule has 1 aromatic rings. The van der Waals surface area contributed by atoms with Crippen LogP contribution in [0.4, 0.5) is 17.6 Å². The van der Waals surface area contributed by atoms with Crippen LogP contribution in [0.5, 0.6) is 0 Å². The molecular weight excluding hydrogens is 264 g/mol. The number of rotatable bonds is 4. The highest BCUT2D eigenvalue weighted by molar-refractivity contribution is 6.32. The monoisotopic (exact) mass is 272 g/mol. The number of carbonyl (C=O) groups is 1. The summed E-state index contributed by atoms with van der Waals surface area (Å²) in [6, 6.07) is 0. The number of aryl methyl sites for hydroxylation is 2. The first-order chi connectivity index (χ1) is 7.67. The van der Waals surface area contributed by atoms with Gasteiger partial charge in [-0.05, 0) is 6.92 Å².